The number of fused-ring (bicyclic) bond motifs is 5. The van der Waals surface area contributed by atoms with E-state index in [1.165, 1.54) is 82.9 Å². The van der Waals surface area contributed by atoms with E-state index in [-0.39, 0.29) is 5.41 Å². The largest absolute Gasteiger partial charge is 0.309 e. The molecule has 1 aliphatic carbocycles. The highest BCUT2D eigenvalue weighted by Gasteiger charge is 2.38. The number of benzene rings is 9. The minimum Gasteiger partial charge on any atom is -0.309 e. The van der Waals surface area contributed by atoms with E-state index in [0.717, 1.165) is 11.4 Å². The Morgan fingerprint density at radius 2 is 0.889 bits per heavy atom. The van der Waals surface area contributed by atoms with E-state index >= 15 is 0 Å². The average molecular weight is 690 g/mol. The van der Waals surface area contributed by atoms with Crippen LogP contribution < -0.4 is 4.90 Å². The summed E-state index contributed by atoms with van der Waals surface area (Å²) in [4.78, 5) is 2.50. The second-order valence-corrected chi connectivity index (χ2v) is 14.9. The van der Waals surface area contributed by atoms with E-state index in [1.54, 1.807) is 0 Å². The summed E-state index contributed by atoms with van der Waals surface area (Å²) < 4.78 is 0. The topological polar surface area (TPSA) is 3.24 Å². The van der Waals surface area contributed by atoms with E-state index in [4.69, 9.17) is 0 Å². The van der Waals surface area contributed by atoms with Crippen molar-refractivity contribution in [3.05, 3.63) is 211 Å². The molecule has 0 spiro atoms. The average Bonchev–Trinajstić information content (AvgIpc) is 3.47. The number of hydrogen-bond donors (Lipinski definition) is 0. The highest BCUT2D eigenvalue weighted by atomic mass is 15.1. The summed E-state index contributed by atoms with van der Waals surface area (Å²) in [5, 5.41) is 5.00. The Kier molecular flexibility index (Phi) is 7.56. The first-order valence-electron chi connectivity index (χ1n) is 18.9. The van der Waals surface area contributed by atoms with Crippen LogP contribution in [-0.4, -0.2) is 0 Å². The number of nitrogens with zero attached hydrogens (tertiary/aromatic N) is 1. The van der Waals surface area contributed by atoms with Crippen molar-refractivity contribution in [1.82, 2.24) is 0 Å². The van der Waals surface area contributed by atoms with Crippen molar-refractivity contribution < 1.29 is 0 Å². The minimum absolute atomic E-state index is 0.119. The SMILES string of the molecule is CC1(C)c2ccccc2-c2c(N(c3ccc(-c4cccc5ccccc45)cc3)c3ccccc3-c3cccc4cccc(-c5ccccc5)c34)cccc21. The van der Waals surface area contributed by atoms with Crippen molar-refractivity contribution in [2.45, 2.75) is 19.3 Å². The predicted molar refractivity (Wildman–Crippen MR) is 230 cm³/mol. The summed E-state index contributed by atoms with van der Waals surface area (Å²) in [5.41, 5.74) is 15.9. The molecular weight excluding hydrogens is 651 g/mol. The van der Waals surface area contributed by atoms with E-state index < -0.39 is 0 Å². The molecule has 0 heterocycles. The molecule has 0 atom stereocenters. The minimum atomic E-state index is -0.119. The standard InChI is InChI=1S/C53H39N/c1-53(2)47-28-10-8-24-46(47)52-48(53)29-15-31-50(52)54(40-34-32-38(33-35-40)42-25-12-19-36-18-6-7-22-41(36)42)49-30-11-9-23-44(49)45-27-14-21-39-20-13-26-43(51(39)45)37-16-4-3-5-17-37/h3-35H,1-2H3. The first-order chi connectivity index (χ1) is 26.6. The summed E-state index contributed by atoms with van der Waals surface area (Å²) in [7, 11) is 0. The summed E-state index contributed by atoms with van der Waals surface area (Å²) in [5.74, 6) is 0. The van der Waals surface area contributed by atoms with Gasteiger partial charge in [0.1, 0.15) is 0 Å². The molecule has 0 saturated heterocycles. The molecule has 9 aromatic rings. The van der Waals surface area contributed by atoms with Crippen LogP contribution in [0.3, 0.4) is 0 Å². The van der Waals surface area contributed by atoms with Crippen LogP contribution in [0, 0.1) is 0 Å². The van der Waals surface area contributed by atoms with Gasteiger partial charge in [0.05, 0.1) is 11.4 Å². The monoisotopic (exact) mass is 689 g/mol. The number of para-hydroxylation sites is 1. The fraction of sp³-hybridized carbons (Fsp3) is 0.0566. The van der Waals surface area contributed by atoms with Gasteiger partial charge in [0, 0.05) is 22.2 Å². The van der Waals surface area contributed by atoms with Crippen molar-refractivity contribution in [2.75, 3.05) is 4.90 Å². The normalized spacial score (nSPS) is 12.8. The van der Waals surface area contributed by atoms with Crippen molar-refractivity contribution >= 4 is 38.6 Å². The number of hydrogen-bond acceptors (Lipinski definition) is 1. The Balaban J connectivity index is 1.23. The maximum Gasteiger partial charge on any atom is 0.0543 e. The van der Waals surface area contributed by atoms with Gasteiger partial charge in [-0.2, -0.15) is 0 Å². The molecule has 0 saturated carbocycles. The molecule has 54 heavy (non-hydrogen) atoms. The van der Waals surface area contributed by atoms with Crippen LogP contribution in [0.5, 0.6) is 0 Å². The first-order valence-corrected chi connectivity index (χ1v) is 18.9. The van der Waals surface area contributed by atoms with Gasteiger partial charge in [0.2, 0.25) is 0 Å². The lowest BCUT2D eigenvalue weighted by molar-refractivity contribution is 0.660. The molecule has 0 unspecified atom stereocenters. The molecular formula is C53H39N. The molecule has 9 aromatic carbocycles. The predicted octanol–water partition coefficient (Wildman–Crippen LogP) is 14.8. The quantitative estimate of drug-likeness (QED) is 0.168. The Bertz CT molecular complexity index is 2830. The molecule has 0 aliphatic heterocycles. The van der Waals surface area contributed by atoms with Crippen molar-refractivity contribution in [1.29, 1.82) is 0 Å². The maximum atomic E-state index is 2.50. The van der Waals surface area contributed by atoms with Gasteiger partial charge >= 0.3 is 0 Å². The molecule has 0 aromatic heterocycles. The Morgan fingerprint density at radius 1 is 0.352 bits per heavy atom. The fourth-order valence-electron chi connectivity index (χ4n) is 8.92. The van der Waals surface area contributed by atoms with Crippen LogP contribution in [-0.2, 0) is 5.41 Å². The summed E-state index contributed by atoms with van der Waals surface area (Å²) in [6.07, 6.45) is 0. The fourth-order valence-corrected chi connectivity index (χ4v) is 8.92. The third-order valence-electron chi connectivity index (χ3n) is 11.5. The van der Waals surface area contributed by atoms with Crippen LogP contribution in [0.25, 0.3) is 66.1 Å². The Labute approximate surface area is 317 Å². The molecule has 0 radical (unpaired) electrons. The number of rotatable bonds is 6. The van der Waals surface area contributed by atoms with Gasteiger partial charge in [0.15, 0.2) is 0 Å². The molecule has 256 valence electrons. The maximum absolute atomic E-state index is 2.50. The molecule has 1 heteroatoms. The zero-order valence-corrected chi connectivity index (χ0v) is 30.5. The molecule has 0 bridgehead atoms. The van der Waals surface area contributed by atoms with Crippen LogP contribution >= 0.6 is 0 Å². The van der Waals surface area contributed by atoms with Gasteiger partial charge in [-0.25, -0.2) is 0 Å². The van der Waals surface area contributed by atoms with Crippen molar-refractivity contribution in [3.8, 4) is 44.5 Å². The molecule has 0 fully saturated rings. The summed E-state index contributed by atoms with van der Waals surface area (Å²) in [6.45, 7) is 4.72. The number of anilines is 3. The highest BCUT2D eigenvalue weighted by molar-refractivity contribution is 6.09. The van der Waals surface area contributed by atoms with Crippen molar-refractivity contribution in [3.63, 3.8) is 0 Å². The second kappa shape index (κ2) is 12.8. The van der Waals surface area contributed by atoms with Crippen molar-refractivity contribution in [2.24, 2.45) is 0 Å². The van der Waals surface area contributed by atoms with E-state index in [2.05, 4.69) is 219 Å². The lowest BCUT2D eigenvalue weighted by atomic mass is 9.82. The lowest BCUT2D eigenvalue weighted by Gasteiger charge is -2.31. The molecule has 0 amide bonds. The smallest absolute Gasteiger partial charge is 0.0543 e. The van der Waals surface area contributed by atoms with Gasteiger partial charge in [0.25, 0.3) is 0 Å². The van der Waals surface area contributed by atoms with Crippen LogP contribution in [0.4, 0.5) is 17.1 Å². The van der Waals surface area contributed by atoms with E-state index in [1.807, 2.05) is 0 Å². The summed E-state index contributed by atoms with van der Waals surface area (Å²) in [6, 6.07) is 73.4. The molecule has 0 N–H and O–H groups in total. The van der Waals surface area contributed by atoms with E-state index in [0.29, 0.717) is 0 Å². The zero-order chi connectivity index (χ0) is 36.2. The van der Waals surface area contributed by atoms with E-state index in [9.17, 15) is 0 Å². The lowest BCUT2D eigenvalue weighted by Crippen LogP contribution is -2.16. The highest BCUT2D eigenvalue weighted by Crippen LogP contribution is 2.55. The van der Waals surface area contributed by atoms with Gasteiger partial charge in [-0.05, 0) is 90.3 Å². The first kappa shape index (κ1) is 32.0. The molecule has 10 rings (SSSR count). The van der Waals surface area contributed by atoms with Crippen LogP contribution in [0.2, 0.25) is 0 Å². The van der Waals surface area contributed by atoms with Gasteiger partial charge < -0.3 is 4.90 Å². The Hall–Kier alpha value is -6.70. The van der Waals surface area contributed by atoms with Crippen LogP contribution in [0.1, 0.15) is 25.0 Å². The van der Waals surface area contributed by atoms with Gasteiger partial charge in [-0.15, -0.1) is 0 Å². The molecule has 1 aliphatic rings. The summed E-state index contributed by atoms with van der Waals surface area (Å²) >= 11 is 0. The second-order valence-electron chi connectivity index (χ2n) is 14.9. The Morgan fingerprint density at radius 3 is 1.70 bits per heavy atom. The third kappa shape index (κ3) is 5.08. The zero-order valence-electron chi connectivity index (χ0n) is 30.5. The van der Waals surface area contributed by atoms with Gasteiger partial charge in [-0.1, -0.05) is 190 Å². The van der Waals surface area contributed by atoms with Crippen LogP contribution in [0.15, 0.2) is 200 Å². The third-order valence-corrected chi connectivity index (χ3v) is 11.5. The molecule has 1 nitrogen and oxygen atoms in total. The van der Waals surface area contributed by atoms with Gasteiger partial charge in [-0.3, -0.25) is 0 Å².